The van der Waals surface area contributed by atoms with E-state index in [2.05, 4.69) is 4.99 Å². The number of nitrogens with zero attached hydrogens (tertiary/aromatic N) is 2. The van der Waals surface area contributed by atoms with E-state index in [0.29, 0.717) is 12.1 Å². The average molecular weight is 176 g/mol. The molecule has 0 saturated carbocycles. The molecule has 2 aliphatic heterocycles. The van der Waals surface area contributed by atoms with Gasteiger partial charge in [-0.05, 0) is 12.2 Å². The Morgan fingerprint density at radius 2 is 2.38 bits per heavy atom. The molecule has 0 atom stereocenters. The number of aliphatic imine (C=N–C) groups is 1. The van der Waals surface area contributed by atoms with Crippen molar-refractivity contribution in [3.05, 3.63) is 35.8 Å². The Bertz CT molecular complexity index is 364. The fraction of sp³-hybridized carbons (Fsp3) is 0.111. The monoisotopic (exact) mass is 176 g/mol. The van der Waals surface area contributed by atoms with Crippen molar-refractivity contribution in [2.45, 2.75) is 0 Å². The van der Waals surface area contributed by atoms with E-state index in [1.165, 1.54) is 0 Å². The molecule has 0 bridgehead atoms. The lowest BCUT2D eigenvalue weighted by Crippen LogP contribution is -2.24. The van der Waals surface area contributed by atoms with Crippen molar-refractivity contribution < 1.29 is 9.90 Å². The highest BCUT2D eigenvalue weighted by Crippen LogP contribution is 2.18. The molecule has 1 N–H and O–H groups in total. The predicted octanol–water partition coefficient (Wildman–Crippen LogP) is 0.753. The van der Waals surface area contributed by atoms with Crippen molar-refractivity contribution >= 4 is 12.2 Å². The predicted molar refractivity (Wildman–Crippen MR) is 48.1 cm³/mol. The Balaban J connectivity index is 2.30. The average Bonchev–Trinajstić information content (AvgIpc) is 2.17. The van der Waals surface area contributed by atoms with Crippen LogP contribution in [-0.2, 0) is 4.79 Å². The van der Waals surface area contributed by atoms with Gasteiger partial charge >= 0.3 is 5.97 Å². The Morgan fingerprint density at radius 1 is 1.54 bits per heavy atom. The number of fused-ring (bicyclic) bond motifs is 1. The van der Waals surface area contributed by atoms with E-state index in [1.54, 1.807) is 30.8 Å². The van der Waals surface area contributed by atoms with Crippen LogP contribution in [0.25, 0.3) is 0 Å². The summed E-state index contributed by atoms with van der Waals surface area (Å²) < 4.78 is 0. The van der Waals surface area contributed by atoms with E-state index >= 15 is 0 Å². The standard InChI is InChI=1S/C9H8N2O2/c12-9(13)7-1-2-8-5-10-3-4-11(8)6-7/h1-3,5-6H,4H2,(H,12,13). The van der Waals surface area contributed by atoms with Crippen LogP contribution in [-0.4, -0.2) is 28.7 Å². The Labute approximate surface area is 75.2 Å². The summed E-state index contributed by atoms with van der Waals surface area (Å²) in [7, 11) is 0. The van der Waals surface area contributed by atoms with Crippen LogP contribution in [0.3, 0.4) is 0 Å². The smallest absolute Gasteiger partial charge is 0.337 e. The molecule has 0 aromatic carbocycles. The molecule has 0 unspecified atom stereocenters. The summed E-state index contributed by atoms with van der Waals surface area (Å²) in [5, 5.41) is 8.73. The number of carboxylic acids is 1. The van der Waals surface area contributed by atoms with Crippen LogP contribution >= 0.6 is 0 Å². The minimum Gasteiger partial charge on any atom is -0.478 e. The molecule has 2 heterocycles. The number of allylic oxidation sites excluding steroid dienone is 1. The van der Waals surface area contributed by atoms with Gasteiger partial charge in [0.05, 0.1) is 24.0 Å². The van der Waals surface area contributed by atoms with Gasteiger partial charge in [0.25, 0.3) is 0 Å². The SMILES string of the molecule is O=C(O)C1=CN2CC=NC=C2C=C1. The largest absolute Gasteiger partial charge is 0.478 e. The molecule has 0 aromatic heterocycles. The second-order valence-electron chi connectivity index (χ2n) is 2.76. The molecule has 4 nitrogen and oxygen atoms in total. The van der Waals surface area contributed by atoms with Crippen LogP contribution in [0.1, 0.15) is 0 Å². The molecule has 0 radical (unpaired) electrons. The van der Waals surface area contributed by atoms with Crippen LogP contribution in [0, 0.1) is 0 Å². The molecule has 0 aromatic rings. The molecule has 2 rings (SSSR count). The minimum absolute atomic E-state index is 0.299. The maximum atomic E-state index is 10.6. The molecule has 0 saturated heterocycles. The molecule has 2 aliphatic rings. The summed E-state index contributed by atoms with van der Waals surface area (Å²) in [6, 6.07) is 0. The van der Waals surface area contributed by atoms with Crippen LogP contribution < -0.4 is 0 Å². The fourth-order valence-corrected chi connectivity index (χ4v) is 1.22. The van der Waals surface area contributed by atoms with Gasteiger partial charge in [0.2, 0.25) is 0 Å². The van der Waals surface area contributed by atoms with E-state index in [0.717, 1.165) is 5.70 Å². The summed E-state index contributed by atoms with van der Waals surface area (Å²) >= 11 is 0. The van der Waals surface area contributed by atoms with Crippen molar-refractivity contribution in [2.75, 3.05) is 6.54 Å². The van der Waals surface area contributed by atoms with Gasteiger partial charge in [-0.1, -0.05) is 0 Å². The lowest BCUT2D eigenvalue weighted by Gasteiger charge is -2.24. The van der Waals surface area contributed by atoms with Crippen molar-refractivity contribution in [1.82, 2.24) is 4.90 Å². The van der Waals surface area contributed by atoms with Crippen molar-refractivity contribution in [2.24, 2.45) is 4.99 Å². The maximum absolute atomic E-state index is 10.6. The first kappa shape index (κ1) is 7.79. The third-order valence-corrected chi connectivity index (χ3v) is 1.90. The number of carboxylic acid groups (broad SMARTS) is 1. The van der Waals surface area contributed by atoms with E-state index in [1.807, 2.05) is 4.90 Å². The molecule has 13 heavy (non-hydrogen) atoms. The first-order valence-corrected chi connectivity index (χ1v) is 3.89. The van der Waals surface area contributed by atoms with Crippen LogP contribution in [0.4, 0.5) is 0 Å². The number of aliphatic carboxylic acids is 1. The van der Waals surface area contributed by atoms with Crippen LogP contribution in [0.5, 0.6) is 0 Å². The van der Waals surface area contributed by atoms with E-state index in [9.17, 15) is 4.79 Å². The number of carbonyl (C=O) groups is 1. The topological polar surface area (TPSA) is 52.9 Å². The molecular formula is C9H8N2O2. The molecule has 0 spiro atoms. The molecular weight excluding hydrogens is 168 g/mol. The van der Waals surface area contributed by atoms with Gasteiger partial charge < -0.3 is 10.0 Å². The number of hydrogen-bond donors (Lipinski definition) is 1. The van der Waals surface area contributed by atoms with Gasteiger partial charge in [-0.15, -0.1) is 0 Å². The summed E-state index contributed by atoms with van der Waals surface area (Å²) in [5.74, 6) is -0.905. The molecule has 0 fully saturated rings. The van der Waals surface area contributed by atoms with Gasteiger partial charge in [-0.2, -0.15) is 0 Å². The van der Waals surface area contributed by atoms with E-state index < -0.39 is 5.97 Å². The summed E-state index contributed by atoms with van der Waals surface area (Å²) in [5.41, 5.74) is 1.22. The Kier molecular flexibility index (Phi) is 1.73. The third-order valence-electron chi connectivity index (χ3n) is 1.90. The molecule has 66 valence electrons. The number of rotatable bonds is 1. The summed E-state index contributed by atoms with van der Waals surface area (Å²) in [4.78, 5) is 16.4. The van der Waals surface area contributed by atoms with Crippen molar-refractivity contribution in [3.8, 4) is 0 Å². The minimum atomic E-state index is -0.905. The lowest BCUT2D eigenvalue weighted by molar-refractivity contribution is -0.132. The second kappa shape index (κ2) is 2.90. The van der Waals surface area contributed by atoms with Gasteiger partial charge in [0.1, 0.15) is 0 Å². The summed E-state index contributed by atoms with van der Waals surface area (Å²) in [6.45, 7) is 0.632. The zero-order chi connectivity index (χ0) is 9.26. The lowest BCUT2D eigenvalue weighted by atomic mass is 10.1. The van der Waals surface area contributed by atoms with Crippen LogP contribution in [0.15, 0.2) is 40.8 Å². The second-order valence-corrected chi connectivity index (χ2v) is 2.76. The van der Waals surface area contributed by atoms with Crippen LogP contribution in [0.2, 0.25) is 0 Å². The highest BCUT2D eigenvalue weighted by molar-refractivity contribution is 5.90. The first-order chi connectivity index (χ1) is 6.27. The summed E-state index contributed by atoms with van der Waals surface area (Å²) in [6.07, 6.45) is 8.37. The van der Waals surface area contributed by atoms with Crippen molar-refractivity contribution in [1.29, 1.82) is 0 Å². The van der Waals surface area contributed by atoms with Gasteiger partial charge in [-0.3, -0.25) is 4.99 Å². The molecule has 0 aliphatic carbocycles. The maximum Gasteiger partial charge on any atom is 0.337 e. The van der Waals surface area contributed by atoms with Crippen molar-refractivity contribution in [3.63, 3.8) is 0 Å². The Hall–Kier alpha value is -1.84. The zero-order valence-electron chi connectivity index (χ0n) is 6.84. The fourth-order valence-electron chi connectivity index (χ4n) is 1.22. The highest BCUT2D eigenvalue weighted by Gasteiger charge is 2.14. The first-order valence-electron chi connectivity index (χ1n) is 3.89. The van der Waals surface area contributed by atoms with E-state index in [-0.39, 0.29) is 0 Å². The molecule has 4 heteroatoms. The van der Waals surface area contributed by atoms with E-state index in [4.69, 9.17) is 5.11 Å². The van der Waals surface area contributed by atoms with Gasteiger partial charge in [-0.25, -0.2) is 4.79 Å². The third kappa shape index (κ3) is 1.38. The normalized spacial score (nSPS) is 19.2. The van der Waals surface area contributed by atoms with Gasteiger partial charge in [0.15, 0.2) is 0 Å². The number of hydrogen-bond acceptors (Lipinski definition) is 3. The highest BCUT2D eigenvalue weighted by atomic mass is 16.4. The quantitative estimate of drug-likeness (QED) is 0.641. The van der Waals surface area contributed by atoms with Gasteiger partial charge in [0, 0.05) is 12.4 Å². The molecule has 0 amide bonds. The Morgan fingerprint density at radius 3 is 3.15 bits per heavy atom. The zero-order valence-corrected chi connectivity index (χ0v) is 6.84.